The van der Waals surface area contributed by atoms with Crippen LogP contribution in [0.25, 0.3) is 11.1 Å². The van der Waals surface area contributed by atoms with Crippen molar-refractivity contribution in [3.8, 4) is 16.9 Å². The molecule has 0 aliphatic heterocycles. The summed E-state index contributed by atoms with van der Waals surface area (Å²) in [6, 6.07) is 12.3. The SMILES string of the molecule is O=CCc1ccc(-c2cccc(O)c2C=O)cc1. The second-order valence-corrected chi connectivity index (χ2v) is 3.92. The Morgan fingerprint density at radius 3 is 2.33 bits per heavy atom. The second kappa shape index (κ2) is 5.27. The summed E-state index contributed by atoms with van der Waals surface area (Å²) in [5.74, 6) is -0.0283. The molecule has 0 heterocycles. The molecule has 1 N–H and O–H groups in total. The summed E-state index contributed by atoms with van der Waals surface area (Å²) in [7, 11) is 0. The zero-order chi connectivity index (χ0) is 13.0. The van der Waals surface area contributed by atoms with E-state index >= 15 is 0 Å². The van der Waals surface area contributed by atoms with Crippen molar-refractivity contribution in [1.29, 1.82) is 0 Å². The molecule has 0 spiro atoms. The van der Waals surface area contributed by atoms with E-state index in [-0.39, 0.29) is 11.3 Å². The van der Waals surface area contributed by atoms with Gasteiger partial charge in [0.2, 0.25) is 0 Å². The molecule has 2 rings (SSSR count). The quantitative estimate of drug-likeness (QED) is 0.836. The number of rotatable bonds is 4. The Balaban J connectivity index is 2.45. The molecule has 0 radical (unpaired) electrons. The number of hydrogen-bond acceptors (Lipinski definition) is 3. The van der Waals surface area contributed by atoms with Crippen LogP contribution in [0, 0.1) is 0 Å². The number of hydrogen-bond donors (Lipinski definition) is 1. The van der Waals surface area contributed by atoms with E-state index in [4.69, 9.17) is 0 Å². The third-order valence-electron chi connectivity index (χ3n) is 2.78. The first kappa shape index (κ1) is 12.0. The lowest BCUT2D eigenvalue weighted by Gasteiger charge is -2.07. The Morgan fingerprint density at radius 1 is 1.00 bits per heavy atom. The summed E-state index contributed by atoms with van der Waals surface area (Å²) in [6.45, 7) is 0. The Bertz CT molecular complexity index is 571. The van der Waals surface area contributed by atoms with Crippen molar-refractivity contribution < 1.29 is 14.7 Å². The lowest BCUT2D eigenvalue weighted by Crippen LogP contribution is -1.90. The molecule has 0 aliphatic rings. The highest BCUT2D eigenvalue weighted by Gasteiger charge is 2.08. The van der Waals surface area contributed by atoms with Crippen molar-refractivity contribution in [1.82, 2.24) is 0 Å². The molecular formula is C15H12O3. The van der Waals surface area contributed by atoms with E-state index in [1.54, 1.807) is 12.1 Å². The molecule has 0 amide bonds. The van der Waals surface area contributed by atoms with Crippen LogP contribution in [-0.2, 0) is 11.2 Å². The van der Waals surface area contributed by atoms with E-state index in [1.165, 1.54) is 6.07 Å². The normalized spacial score (nSPS) is 10.0. The summed E-state index contributed by atoms with van der Waals surface area (Å²) >= 11 is 0. The fourth-order valence-corrected chi connectivity index (χ4v) is 1.85. The van der Waals surface area contributed by atoms with Crippen molar-refractivity contribution in [2.24, 2.45) is 0 Å². The average molecular weight is 240 g/mol. The van der Waals surface area contributed by atoms with Gasteiger partial charge in [0.1, 0.15) is 12.0 Å². The minimum atomic E-state index is -0.0283. The highest BCUT2D eigenvalue weighted by atomic mass is 16.3. The predicted octanol–water partition coefficient (Wildman–Crippen LogP) is 2.61. The lowest BCUT2D eigenvalue weighted by atomic mass is 9.98. The monoisotopic (exact) mass is 240 g/mol. The van der Waals surface area contributed by atoms with Gasteiger partial charge in [0.25, 0.3) is 0 Å². The number of benzene rings is 2. The van der Waals surface area contributed by atoms with Gasteiger partial charge in [-0.2, -0.15) is 0 Å². The zero-order valence-corrected chi connectivity index (χ0v) is 9.67. The maximum absolute atomic E-state index is 11.0. The standard InChI is InChI=1S/C15H12O3/c16-9-8-11-4-6-12(7-5-11)13-2-1-3-15(18)14(13)10-17/h1-7,9-10,18H,8H2. The van der Waals surface area contributed by atoms with Crippen molar-refractivity contribution in [2.75, 3.05) is 0 Å². The van der Waals surface area contributed by atoms with Crippen molar-refractivity contribution in [2.45, 2.75) is 6.42 Å². The average Bonchev–Trinajstić information content (AvgIpc) is 2.40. The summed E-state index contributed by atoms with van der Waals surface area (Å²) in [5, 5.41) is 9.61. The van der Waals surface area contributed by atoms with Gasteiger partial charge < -0.3 is 9.90 Å². The maximum atomic E-state index is 11.0. The molecule has 0 aromatic heterocycles. The predicted molar refractivity (Wildman–Crippen MR) is 68.7 cm³/mol. The van der Waals surface area contributed by atoms with Gasteiger partial charge in [0, 0.05) is 6.42 Å². The Morgan fingerprint density at radius 2 is 1.72 bits per heavy atom. The maximum Gasteiger partial charge on any atom is 0.154 e. The van der Waals surface area contributed by atoms with Crippen LogP contribution in [0.3, 0.4) is 0 Å². The third kappa shape index (κ3) is 2.30. The smallest absolute Gasteiger partial charge is 0.154 e. The number of phenols is 1. The van der Waals surface area contributed by atoms with Gasteiger partial charge in [0.15, 0.2) is 6.29 Å². The number of aldehydes is 2. The molecule has 0 aliphatic carbocycles. The highest BCUT2D eigenvalue weighted by Crippen LogP contribution is 2.28. The summed E-state index contributed by atoms with van der Waals surface area (Å²) < 4.78 is 0. The third-order valence-corrected chi connectivity index (χ3v) is 2.78. The number of aromatic hydroxyl groups is 1. The van der Waals surface area contributed by atoms with Crippen LogP contribution in [0.15, 0.2) is 42.5 Å². The van der Waals surface area contributed by atoms with Crippen molar-refractivity contribution >= 4 is 12.6 Å². The molecule has 18 heavy (non-hydrogen) atoms. The van der Waals surface area contributed by atoms with Gasteiger partial charge in [-0.05, 0) is 22.8 Å². The first-order valence-electron chi connectivity index (χ1n) is 5.56. The van der Waals surface area contributed by atoms with Crippen LogP contribution in [0.4, 0.5) is 0 Å². The van der Waals surface area contributed by atoms with Crippen molar-refractivity contribution in [3.05, 3.63) is 53.6 Å². The molecule has 2 aromatic rings. The molecule has 2 aromatic carbocycles. The Labute approximate surface area is 105 Å². The van der Waals surface area contributed by atoms with E-state index in [0.717, 1.165) is 17.4 Å². The fourth-order valence-electron chi connectivity index (χ4n) is 1.85. The lowest BCUT2D eigenvalue weighted by molar-refractivity contribution is -0.107. The number of carbonyl (C=O) groups excluding carboxylic acids is 2. The van der Waals surface area contributed by atoms with Gasteiger partial charge in [-0.1, -0.05) is 36.4 Å². The minimum absolute atomic E-state index is 0.0283. The van der Waals surface area contributed by atoms with Gasteiger partial charge in [-0.15, -0.1) is 0 Å². The molecule has 90 valence electrons. The first-order chi connectivity index (χ1) is 8.76. The zero-order valence-electron chi connectivity index (χ0n) is 9.67. The molecule has 0 bridgehead atoms. The molecule has 0 saturated heterocycles. The van der Waals surface area contributed by atoms with E-state index in [1.807, 2.05) is 24.3 Å². The van der Waals surface area contributed by atoms with Gasteiger partial charge in [-0.3, -0.25) is 4.79 Å². The first-order valence-corrected chi connectivity index (χ1v) is 5.56. The Kier molecular flexibility index (Phi) is 3.53. The molecule has 3 heteroatoms. The molecule has 0 fully saturated rings. The van der Waals surface area contributed by atoms with Crippen LogP contribution in [0.5, 0.6) is 5.75 Å². The Hall–Kier alpha value is -2.42. The van der Waals surface area contributed by atoms with Crippen LogP contribution in [0.2, 0.25) is 0 Å². The summed E-state index contributed by atoms with van der Waals surface area (Å²) in [5.41, 5.74) is 2.72. The molecule has 3 nitrogen and oxygen atoms in total. The number of phenolic OH excluding ortho intramolecular Hbond substituents is 1. The van der Waals surface area contributed by atoms with Crippen LogP contribution >= 0.6 is 0 Å². The van der Waals surface area contributed by atoms with E-state index in [2.05, 4.69) is 0 Å². The largest absolute Gasteiger partial charge is 0.507 e. The van der Waals surface area contributed by atoms with Crippen LogP contribution in [0.1, 0.15) is 15.9 Å². The fraction of sp³-hybridized carbons (Fsp3) is 0.0667. The molecular weight excluding hydrogens is 228 g/mol. The number of carbonyl (C=O) groups is 2. The van der Waals surface area contributed by atoms with E-state index in [0.29, 0.717) is 18.3 Å². The minimum Gasteiger partial charge on any atom is -0.507 e. The van der Waals surface area contributed by atoms with Crippen LogP contribution < -0.4 is 0 Å². The van der Waals surface area contributed by atoms with Crippen molar-refractivity contribution in [3.63, 3.8) is 0 Å². The highest BCUT2D eigenvalue weighted by molar-refractivity contribution is 5.90. The van der Waals surface area contributed by atoms with Gasteiger partial charge in [0.05, 0.1) is 5.56 Å². The van der Waals surface area contributed by atoms with E-state index in [9.17, 15) is 14.7 Å². The summed E-state index contributed by atoms with van der Waals surface area (Å²) in [6.07, 6.45) is 1.87. The van der Waals surface area contributed by atoms with E-state index < -0.39 is 0 Å². The topological polar surface area (TPSA) is 54.4 Å². The summed E-state index contributed by atoms with van der Waals surface area (Å²) in [4.78, 5) is 21.4. The second-order valence-electron chi connectivity index (χ2n) is 3.92. The van der Waals surface area contributed by atoms with Gasteiger partial charge in [-0.25, -0.2) is 0 Å². The molecule has 0 atom stereocenters. The van der Waals surface area contributed by atoms with Gasteiger partial charge >= 0.3 is 0 Å². The van der Waals surface area contributed by atoms with Crippen LogP contribution in [-0.4, -0.2) is 17.7 Å². The molecule has 0 unspecified atom stereocenters. The molecule has 0 saturated carbocycles.